The van der Waals surface area contributed by atoms with Gasteiger partial charge in [0.1, 0.15) is 0 Å². The van der Waals surface area contributed by atoms with Crippen LogP contribution in [0.2, 0.25) is 0 Å². The van der Waals surface area contributed by atoms with Gasteiger partial charge in [-0.25, -0.2) is 4.98 Å². The molecule has 1 fully saturated rings. The molecule has 1 aromatic carbocycles. The van der Waals surface area contributed by atoms with Crippen LogP contribution in [-0.4, -0.2) is 58.1 Å². The molecule has 3 rings (SSSR count). The van der Waals surface area contributed by atoms with Crippen molar-refractivity contribution in [2.75, 3.05) is 19.6 Å². The van der Waals surface area contributed by atoms with Crippen LogP contribution >= 0.6 is 0 Å². The van der Waals surface area contributed by atoms with Crippen molar-refractivity contribution in [2.45, 2.75) is 25.3 Å². The Hall–Kier alpha value is -2.94. The lowest BCUT2D eigenvalue weighted by atomic mass is 10.1. The second-order valence-corrected chi connectivity index (χ2v) is 6.60. The van der Waals surface area contributed by atoms with E-state index in [4.69, 9.17) is 5.11 Å². The topological polar surface area (TPSA) is 125 Å². The molecule has 0 radical (unpaired) electrons. The molecular weight excluding hydrogens is 350 g/mol. The number of carbonyl (C=O) groups is 3. The van der Waals surface area contributed by atoms with Gasteiger partial charge >= 0.3 is 5.97 Å². The number of carboxylic acids is 1. The number of aliphatic carboxylic acids is 1. The molecule has 0 unspecified atom stereocenters. The van der Waals surface area contributed by atoms with E-state index < -0.39 is 5.97 Å². The van der Waals surface area contributed by atoms with Crippen molar-refractivity contribution in [3.63, 3.8) is 0 Å². The second kappa shape index (κ2) is 8.17. The number of hydrogen-bond acceptors (Lipinski definition) is 5. The van der Waals surface area contributed by atoms with Crippen molar-refractivity contribution < 1.29 is 19.5 Å². The summed E-state index contributed by atoms with van der Waals surface area (Å²) < 4.78 is 1.71. The third-order valence-electron chi connectivity index (χ3n) is 4.64. The van der Waals surface area contributed by atoms with Crippen LogP contribution in [0.5, 0.6) is 0 Å². The molecule has 144 valence electrons. The summed E-state index contributed by atoms with van der Waals surface area (Å²) in [7, 11) is 1.76. The summed E-state index contributed by atoms with van der Waals surface area (Å²) in [5.74, 6) is -1.27. The number of aromatic nitrogens is 2. The predicted octanol–water partition coefficient (Wildman–Crippen LogP) is 0.260. The van der Waals surface area contributed by atoms with Gasteiger partial charge < -0.3 is 25.6 Å². The molecule has 1 aromatic heterocycles. The van der Waals surface area contributed by atoms with Gasteiger partial charge in [-0.15, -0.1) is 0 Å². The van der Waals surface area contributed by atoms with Crippen LogP contribution in [0.15, 0.2) is 18.2 Å². The van der Waals surface area contributed by atoms with Crippen LogP contribution < -0.4 is 16.0 Å². The Balaban J connectivity index is 1.74. The lowest BCUT2D eigenvalue weighted by Crippen LogP contribution is -2.43. The number of rotatable bonds is 6. The van der Waals surface area contributed by atoms with Crippen LogP contribution in [-0.2, 0) is 11.8 Å². The third kappa shape index (κ3) is 4.43. The first-order valence-electron chi connectivity index (χ1n) is 8.94. The zero-order chi connectivity index (χ0) is 19.4. The molecule has 27 heavy (non-hydrogen) atoms. The highest BCUT2D eigenvalue weighted by atomic mass is 16.4. The minimum absolute atomic E-state index is 0.0539. The maximum Gasteiger partial charge on any atom is 0.305 e. The van der Waals surface area contributed by atoms with Crippen molar-refractivity contribution in [1.29, 1.82) is 0 Å². The Bertz CT molecular complexity index is 870. The van der Waals surface area contributed by atoms with Crippen LogP contribution in [0.3, 0.4) is 0 Å². The van der Waals surface area contributed by atoms with E-state index in [0.717, 1.165) is 31.4 Å². The molecular formula is C18H23N5O4. The lowest BCUT2D eigenvalue weighted by molar-refractivity contribution is -0.136. The first kappa shape index (κ1) is 18.8. The van der Waals surface area contributed by atoms with Gasteiger partial charge in [-0.1, -0.05) is 0 Å². The average molecular weight is 373 g/mol. The van der Waals surface area contributed by atoms with Crippen LogP contribution in [0, 0.1) is 0 Å². The van der Waals surface area contributed by atoms with Crippen molar-refractivity contribution in [3.05, 3.63) is 29.6 Å². The first-order chi connectivity index (χ1) is 13.0. The quantitative estimate of drug-likeness (QED) is 0.576. The Morgan fingerprint density at radius 3 is 2.70 bits per heavy atom. The third-order valence-corrected chi connectivity index (χ3v) is 4.64. The van der Waals surface area contributed by atoms with E-state index in [-0.39, 0.29) is 30.8 Å². The van der Waals surface area contributed by atoms with E-state index in [1.54, 1.807) is 29.8 Å². The standard InChI is InChI=1S/C18H23N5O4/c1-23-14-3-2-11(17(26)20-9-6-15(24)25)10-13(14)22-16(23)18(27)21-12-4-7-19-8-5-12/h2-3,10,12,19H,4-9H2,1H3,(H,20,26)(H,21,27)(H,24,25). The molecule has 9 nitrogen and oxygen atoms in total. The fourth-order valence-electron chi connectivity index (χ4n) is 3.15. The average Bonchev–Trinajstić information content (AvgIpc) is 2.98. The van der Waals surface area contributed by atoms with E-state index >= 15 is 0 Å². The highest BCUT2D eigenvalue weighted by Gasteiger charge is 2.21. The van der Waals surface area contributed by atoms with Crippen LogP contribution in [0.4, 0.5) is 0 Å². The van der Waals surface area contributed by atoms with Gasteiger partial charge in [0, 0.05) is 25.2 Å². The van der Waals surface area contributed by atoms with Gasteiger partial charge in [0.05, 0.1) is 17.5 Å². The van der Waals surface area contributed by atoms with Gasteiger partial charge in [0.15, 0.2) is 5.82 Å². The maximum atomic E-state index is 12.6. The van der Waals surface area contributed by atoms with E-state index in [1.807, 2.05) is 0 Å². The van der Waals surface area contributed by atoms with Crippen molar-refractivity contribution in [3.8, 4) is 0 Å². The molecule has 0 spiro atoms. The Morgan fingerprint density at radius 2 is 2.00 bits per heavy atom. The van der Waals surface area contributed by atoms with Crippen molar-refractivity contribution in [1.82, 2.24) is 25.5 Å². The highest BCUT2D eigenvalue weighted by Crippen LogP contribution is 2.17. The number of nitrogens with one attached hydrogen (secondary N) is 3. The molecule has 1 aliphatic rings. The highest BCUT2D eigenvalue weighted by molar-refractivity contribution is 5.99. The number of amides is 2. The van der Waals surface area contributed by atoms with Crippen molar-refractivity contribution in [2.24, 2.45) is 7.05 Å². The largest absolute Gasteiger partial charge is 0.481 e. The number of carboxylic acid groups (broad SMARTS) is 1. The molecule has 2 amide bonds. The summed E-state index contributed by atoms with van der Waals surface area (Å²) >= 11 is 0. The summed E-state index contributed by atoms with van der Waals surface area (Å²) in [6.45, 7) is 1.82. The molecule has 1 aliphatic heterocycles. The number of benzene rings is 1. The number of carbonyl (C=O) groups excluding carboxylic acids is 2. The monoisotopic (exact) mass is 373 g/mol. The number of fused-ring (bicyclic) bond motifs is 1. The number of hydrogen-bond donors (Lipinski definition) is 4. The number of nitrogens with zero attached hydrogens (tertiary/aromatic N) is 2. The molecule has 2 heterocycles. The first-order valence-corrected chi connectivity index (χ1v) is 8.94. The van der Waals surface area contributed by atoms with E-state index in [1.165, 1.54) is 0 Å². The maximum absolute atomic E-state index is 12.6. The second-order valence-electron chi connectivity index (χ2n) is 6.60. The fraction of sp³-hybridized carbons (Fsp3) is 0.444. The van der Waals surface area contributed by atoms with Crippen molar-refractivity contribution >= 4 is 28.8 Å². The summed E-state index contributed by atoms with van der Waals surface area (Å²) in [5, 5.41) is 17.5. The Morgan fingerprint density at radius 1 is 1.26 bits per heavy atom. The summed E-state index contributed by atoms with van der Waals surface area (Å²) in [6, 6.07) is 5.10. The molecule has 9 heteroatoms. The van der Waals surface area contributed by atoms with E-state index in [2.05, 4.69) is 20.9 Å². The van der Waals surface area contributed by atoms with Gasteiger partial charge in [0.25, 0.3) is 11.8 Å². The molecule has 2 aromatic rings. The number of aryl methyl sites for hydroxylation is 1. The van der Waals surface area contributed by atoms with Crippen LogP contribution in [0.1, 0.15) is 40.2 Å². The molecule has 4 N–H and O–H groups in total. The Labute approximate surface area is 156 Å². The summed E-state index contributed by atoms with van der Waals surface area (Å²) in [5.41, 5.74) is 1.66. The van der Waals surface area contributed by atoms with Gasteiger partial charge in [-0.05, 0) is 44.1 Å². The number of imidazole rings is 1. The fourth-order valence-corrected chi connectivity index (χ4v) is 3.15. The van der Waals surface area contributed by atoms with E-state index in [9.17, 15) is 14.4 Å². The minimum atomic E-state index is -0.972. The normalized spacial score (nSPS) is 14.9. The van der Waals surface area contributed by atoms with Gasteiger partial charge in [-0.2, -0.15) is 0 Å². The predicted molar refractivity (Wildman–Crippen MR) is 98.7 cm³/mol. The molecule has 0 bridgehead atoms. The molecule has 0 saturated carbocycles. The van der Waals surface area contributed by atoms with Gasteiger partial charge in [-0.3, -0.25) is 14.4 Å². The SMILES string of the molecule is Cn1c(C(=O)NC2CCNCC2)nc2cc(C(=O)NCCC(=O)O)ccc21. The zero-order valence-electron chi connectivity index (χ0n) is 15.1. The molecule has 1 saturated heterocycles. The van der Waals surface area contributed by atoms with Crippen LogP contribution in [0.25, 0.3) is 11.0 Å². The van der Waals surface area contributed by atoms with E-state index in [0.29, 0.717) is 16.9 Å². The summed E-state index contributed by atoms with van der Waals surface area (Å²) in [6.07, 6.45) is 1.63. The van der Waals surface area contributed by atoms with Gasteiger partial charge in [0.2, 0.25) is 0 Å². The zero-order valence-corrected chi connectivity index (χ0v) is 15.1. The minimum Gasteiger partial charge on any atom is -0.481 e. The number of piperidine rings is 1. The lowest BCUT2D eigenvalue weighted by Gasteiger charge is -2.23. The summed E-state index contributed by atoms with van der Waals surface area (Å²) in [4.78, 5) is 39.6. The Kier molecular flexibility index (Phi) is 5.70. The molecule has 0 atom stereocenters. The smallest absolute Gasteiger partial charge is 0.305 e. The molecule has 0 aliphatic carbocycles.